The summed E-state index contributed by atoms with van der Waals surface area (Å²) in [5.41, 5.74) is 1.69. The number of amides is 1. The maximum absolute atomic E-state index is 13.0. The van der Waals surface area contributed by atoms with Crippen LogP contribution in [-0.2, 0) is 20.1 Å². The lowest BCUT2D eigenvalue weighted by Crippen LogP contribution is -2.44. The van der Waals surface area contributed by atoms with Crippen molar-refractivity contribution in [2.45, 2.75) is 31.4 Å². The van der Waals surface area contributed by atoms with E-state index in [0.29, 0.717) is 17.4 Å². The second-order valence-electron chi connectivity index (χ2n) is 6.95. The molecule has 0 aromatic heterocycles. The smallest absolute Gasteiger partial charge is 0.315 e. The average Bonchev–Trinajstić information content (AvgIpc) is 3.07. The first-order valence-corrected chi connectivity index (χ1v) is 10.1. The largest absolute Gasteiger partial charge is 0.468 e. The van der Waals surface area contributed by atoms with E-state index in [1.54, 1.807) is 0 Å². The minimum absolute atomic E-state index is 0. The van der Waals surface area contributed by atoms with Gasteiger partial charge in [-0.15, -0.1) is 24.2 Å². The lowest BCUT2D eigenvalue weighted by Gasteiger charge is -2.37. The molecule has 1 saturated heterocycles. The molecule has 0 radical (unpaired) electrons. The molecule has 0 spiro atoms. The van der Waals surface area contributed by atoms with Gasteiger partial charge in [-0.05, 0) is 43.0 Å². The lowest BCUT2D eigenvalue weighted by atomic mass is 9.67. The Kier molecular flexibility index (Phi) is 7.80. The van der Waals surface area contributed by atoms with Crippen LogP contribution in [0.1, 0.15) is 31.2 Å². The zero-order chi connectivity index (χ0) is 17.7. The third kappa shape index (κ3) is 4.72. The Bertz CT molecular complexity index is 643. The van der Waals surface area contributed by atoms with Crippen LogP contribution in [0.15, 0.2) is 24.3 Å². The van der Waals surface area contributed by atoms with Crippen LogP contribution in [0, 0.1) is 11.3 Å². The highest BCUT2D eigenvalue weighted by atomic mass is 35.5. The van der Waals surface area contributed by atoms with Gasteiger partial charge in [0.05, 0.1) is 18.3 Å². The summed E-state index contributed by atoms with van der Waals surface area (Å²) in [4.78, 5) is 24.2. The van der Waals surface area contributed by atoms with Crippen LogP contribution in [0.4, 0.5) is 5.69 Å². The topological polar surface area (TPSA) is 67.4 Å². The number of thioether (sulfide) groups is 1. The van der Waals surface area contributed by atoms with Crippen LogP contribution in [0.2, 0.25) is 0 Å². The van der Waals surface area contributed by atoms with E-state index in [1.807, 2.05) is 24.3 Å². The maximum Gasteiger partial charge on any atom is 0.315 e. The van der Waals surface area contributed by atoms with Gasteiger partial charge in [-0.3, -0.25) is 9.59 Å². The molecule has 7 heteroatoms. The van der Waals surface area contributed by atoms with Gasteiger partial charge in [0.15, 0.2) is 0 Å². The number of carbonyl (C=O) groups is 2. The number of hydrogen-bond donors (Lipinski definition) is 2. The summed E-state index contributed by atoms with van der Waals surface area (Å²) >= 11 is 1.51. The minimum Gasteiger partial charge on any atom is -0.468 e. The molecule has 2 fully saturated rings. The predicted molar refractivity (Wildman–Crippen MR) is 108 cm³/mol. The molecule has 1 aliphatic heterocycles. The Labute approximate surface area is 165 Å². The number of fused-ring (bicyclic) bond motifs is 1. The molecule has 0 unspecified atom stereocenters. The summed E-state index contributed by atoms with van der Waals surface area (Å²) in [5, 5.41) is 6.56. The highest BCUT2D eigenvalue weighted by Gasteiger charge is 2.49. The number of benzene rings is 1. The molecule has 0 bridgehead atoms. The van der Waals surface area contributed by atoms with Crippen molar-refractivity contribution < 1.29 is 14.3 Å². The number of carbonyl (C=O) groups excluding carboxylic acids is 2. The van der Waals surface area contributed by atoms with Gasteiger partial charge in [-0.1, -0.05) is 25.0 Å². The van der Waals surface area contributed by atoms with Gasteiger partial charge < -0.3 is 15.4 Å². The molecule has 1 aromatic rings. The second kappa shape index (κ2) is 9.62. The average molecular weight is 399 g/mol. The van der Waals surface area contributed by atoms with E-state index in [4.69, 9.17) is 0 Å². The second-order valence-corrected chi connectivity index (χ2v) is 7.94. The number of halogens is 1. The first-order valence-electron chi connectivity index (χ1n) is 8.90. The van der Waals surface area contributed by atoms with Crippen LogP contribution >= 0.6 is 24.2 Å². The third-order valence-electron chi connectivity index (χ3n) is 5.39. The Morgan fingerprint density at radius 3 is 3.04 bits per heavy atom. The fourth-order valence-corrected chi connectivity index (χ4v) is 4.80. The molecule has 1 saturated carbocycles. The molecule has 2 aliphatic rings. The normalized spacial score (nSPS) is 24.3. The van der Waals surface area contributed by atoms with Gasteiger partial charge >= 0.3 is 5.97 Å². The third-order valence-corrected chi connectivity index (χ3v) is 6.37. The van der Waals surface area contributed by atoms with Gasteiger partial charge in [0.2, 0.25) is 5.91 Å². The van der Waals surface area contributed by atoms with E-state index in [2.05, 4.69) is 15.4 Å². The Morgan fingerprint density at radius 2 is 2.23 bits per heavy atom. The fourth-order valence-electron chi connectivity index (χ4n) is 4.00. The van der Waals surface area contributed by atoms with Crippen molar-refractivity contribution in [1.82, 2.24) is 5.32 Å². The highest BCUT2D eigenvalue weighted by molar-refractivity contribution is 7.99. The zero-order valence-electron chi connectivity index (χ0n) is 15.1. The van der Waals surface area contributed by atoms with E-state index >= 15 is 0 Å². The molecule has 1 amide bonds. The first kappa shape index (κ1) is 21.1. The Morgan fingerprint density at radius 1 is 1.38 bits per heavy atom. The number of ether oxygens (including phenoxy) is 1. The fraction of sp³-hybridized carbons (Fsp3) is 0.579. The molecule has 144 valence electrons. The SMILES string of the molecule is COC(=O)CSCc1cccc(NC(=O)[C@@]23CCCC[C@H]2CNC3)c1.Cl. The van der Waals surface area contributed by atoms with E-state index in [1.165, 1.54) is 25.3 Å². The van der Waals surface area contributed by atoms with Crippen molar-refractivity contribution in [3.63, 3.8) is 0 Å². The molecule has 1 heterocycles. The van der Waals surface area contributed by atoms with Gasteiger partial charge in [0.1, 0.15) is 0 Å². The quantitative estimate of drug-likeness (QED) is 0.720. The van der Waals surface area contributed by atoms with Crippen LogP contribution in [0.25, 0.3) is 0 Å². The Balaban J connectivity index is 0.00000243. The molecular weight excluding hydrogens is 372 g/mol. The number of nitrogens with one attached hydrogen (secondary N) is 2. The van der Waals surface area contributed by atoms with Crippen LogP contribution < -0.4 is 10.6 Å². The molecule has 3 rings (SSSR count). The summed E-state index contributed by atoms with van der Waals surface area (Å²) < 4.78 is 4.65. The molecule has 1 aromatic carbocycles. The summed E-state index contributed by atoms with van der Waals surface area (Å²) in [6, 6.07) is 7.90. The van der Waals surface area contributed by atoms with E-state index in [9.17, 15) is 9.59 Å². The number of anilines is 1. The number of esters is 1. The van der Waals surface area contributed by atoms with Gasteiger partial charge in [0.25, 0.3) is 0 Å². The summed E-state index contributed by atoms with van der Waals surface area (Å²) in [6.45, 7) is 1.75. The number of hydrogen-bond acceptors (Lipinski definition) is 5. The van der Waals surface area contributed by atoms with Crippen LogP contribution in [-0.4, -0.2) is 37.8 Å². The zero-order valence-corrected chi connectivity index (χ0v) is 16.7. The molecule has 5 nitrogen and oxygen atoms in total. The molecule has 2 N–H and O–H groups in total. The lowest BCUT2D eigenvalue weighted by molar-refractivity contribution is -0.137. The van der Waals surface area contributed by atoms with Crippen molar-refractivity contribution in [3.8, 4) is 0 Å². The molecule has 1 aliphatic carbocycles. The number of rotatable bonds is 6. The van der Waals surface area contributed by atoms with Gasteiger partial charge in [0, 0.05) is 18.0 Å². The molecule has 26 heavy (non-hydrogen) atoms. The van der Waals surface area contributed by atoms with Crippen LogP contribution in [0.3, 0.4) is 0 Å². The molecule has 2 atom stereocenters. The van der Waals surface area contributed by atoms with E-state index < -0.39 is 0 Å². The monoisotopic (exact) mass is 398 g/mol. The summed E-state index contributed by atoms with van der Waals surface area (Å²) in [7, 11) is 1.40. The van der Waals surface area contributed by atoms with Crippen molar-refractivity contribution >= 4 is 41.7 Å². The molecular formula is C19H27ClN2O3S. The van der Waals surface area contributed by atoms with Crippen molar-refractivity contribution in [3.05, 3.63) is 29.8 Å². The van der Waals surface area contributed by atoms with Gasteiger partial charge in [-0.2, -0.15) is 0 Å². The number of methoxy groups -OCH3 is 1. The van der Waals surface area contributed by atoms with Crippen LogP contribution in [0.5, 0.6) is 0 Å². The summed E-state index contributed by atoms with van der Waals surface area (Å²) in [6.07, 6.45) is 4.49. The van der Waals surface area contributed by atoms with E-state index in [-0.39, 0.29) is 29.7 Å². The Hall–Kier alpha value is -1.24. The predicted octanol–water partition coefficient (Wildman–Crippen LogP) is 3.23. The van der Waals surface area contributed by atoms with Gasteiger partial charge in [-0.25, -0.2) is 0 Å². The first-order chi connectivity index (χ1) is 12.1. The van der Waals surface area contributed by atoms with E-state index in [0.717, 1.165) is 43.6 Å². The van der Waals surface area contributed by atoms with Crippen molar-refractivity contribution in [1.29, 1.82) is 0 Å². The standard InChI is InChI=1S/C19H26N2O3S.ClH/c1-24-17(22)12-25-11-14-5-4-7-16(9-14)21-18(23)19-8-3-2-6-15(19)10-20-13-19;/h4-5,7,9,15,20H,2-3,6,8,10-13H2,1H3,(H,21,23);1H/t15-,19+;/m0./s1. The van der Waals surface area contributed by atoms with Crippen molar-refractivity contribution in [2.24, 2.45) is 11.3 Å². The highest BCUT2D eigenvalue weighted by Crippen LogP contribution is 2.44. The van der Waals surface area contributed by atoms with Crippen molar-refractivity contribution in [2.75, 3.05) is 31.3 Å². The summed E-state index contributed by atoms with van der Waals surface area (Å²) in [5.74, 6) is 1.45. The maximum atomic E-state index is 13.0. The minimum atomic E-state index is -0.242.